The Bertz CT molecular complexity index is 461. The highest BCUT2D eigenvalue weighted by atomic mass is 16.4. The van der Waals surface area contributed by atoms with Gasteiger partial charge in [-0.05, 0) is 30.4 Å². The Balaban J connectivity index is 2.34. The molecule has 0 radical (unpaired) electrons. The zero-order chi connectivity index (χ0) is 15.2. The van der Waals surface area contributed by atoms with Crippen molar-refractivity contribution in [2.45, 2.75) is 40.0 Å². The lowest BCUT2D eigenvalue weighted by Crippen LogP contribution is -2.25. The first-order chi connectivity index (χ1) is 9.29. The van der Waals surface area contributed by atoms with Gasteiger partial charge in [0.2, 0.25) is 0 Å². The zero-order valence-electron chi connectivity index (χ0n) is 12.3. The van der Waals surface area contributed by atoms with Gasteiger partial charge in [0.1, 0.15) is 5.69 Å². The maximum Gasteiger partial charge on any atom is 0.354 e. The Labute approximate surface area is 119 Å². The van der Waals surface area contributed by atoms with Crippen molar-refractivity contribution in [2.24, 2.45) is 5.41 Å². The first-order valence-corrected chi connectivity index (χ1v) is 6.77. The summed E-state index contributed by atoms with van der Waals surface area (Å²) < 4.78 is 0. The molecule has 1 amide bonds. The van der Waals surface area contributed by atoms with E-state index in [2.05, 4.69) is 31.1 Å². The van der Waals surface area contributed by atoms with Crippen LogP contribution in [0.1, 0.15) is 60.9 Å². The molecule has 0 aromatic carbocycles. The van der Waals surface area contributed by atoms with Gasteiger partial charge in [0.15, 0.2) is 0 Å². The smallest absolute Gasteiger partial charge is 0.354 e. The fourth-order valence-corrected chi connectivity index (χ4v) is 1.74. The van der Waals surface area contributed by atoms with E-state index < -0.39 is 5.97 Å². The van der Waals surface area contributed by atoms with Crippen LogP contribution in [0.5, 0.6) is 0 Å². The van der Waals surface area contributed by atoms with Crippen molar-refractivity contribution in [3.8, 4) is 0 Å². The molecule has 0 aliphatic heterocycles. The predicted molar refractivity (Wildman–Crippen MR) is 76.8 cm³/mol. The molecular weight excluding hydrogens is 256 g/mol. The van der Waals surface area contributed by atoms with Gasteiger partial charge in [-0.2, -0.15) is 0 Å². The first-order valence-electron chi connectivity index (χ1n) is 6.77. The SMILES string of the molecule is CC(C)(C)CCCCNC(=O)c1ccc(C(=O)O)nc1. The number of aromatic nitrogens is 1. The summed E-state index contributed by atoms with van der Waals surface area (Å²) in [4.78, 5) is 26.1. The van der Waals surface area contributed by atoms with Gasteiger partial charge in [-0.3, -0.25) is 4.79 Å². The Morgan fingerprint density at radius 2 is 1.95 bits per heavy atom. The minimum atomic E-state index is -1.10. The predicted octanol–water partition coefficient (Wildman–Crippen LogP) is 2.73. The number of hydrogen-bond acceptors (Lipinski definition) is 3. The summed E-state index contributed by atoms with van der Waals surface area (Å²) in [5.41, 5.74) is 0.637. The van der Waals surface area contributed by atoms with Gasteiger partial charge in [-0.1, -0.05) is 27.2 Å². The molecule has 110 valence electrons. The Kier molecular flexibility index (Phi) is 5.67. The minimum absolute atomic E-state index is 0.0632. The maximum atomic E-state index is 11.8. The summed E-state index contributed by atoms with van der Waals surface area (Å²) >= 11 is 0. The number of nitrogens with zero attached hydrogens (tertiary/aromatic N) is 1. The number of carboxylic acids is 1. The summed E-state index contributed by atoms with van der Waals surface area (Å²) in [6.45, 7) is 7.21. The monoisotopic (exact) mass is 278 g/mol. The fourth-order valence-electron chi connectivity index (χ4n) is 1.74. The number of carbonyl (C=O) groups is 2. The van der Waals surface area contributed by atoms with Crippen molar-refractivity contribution >= 4 is 11.9 Å². The molecular formula is C15H22N2O3. The molecule has 0 saturated heterocycles. The van der Waals surface area contributed by atoms with Crippen molar-refractivity contribution in [2.75, 3.05) is 6.54 Å². The van der Waals surface area contributed by atoms with E-state index >= 15 is 0 Å². The third-order valence-electron chi connectivity index (χ3n) is 2.88. The molecule has 0 atom stereocenters. The number of nitrogens with one attached hydrogen (secondary N) is 1. The average molecular weight is 278 g/mol. The molecule has 5 nitrogen and oxygen atoms in total. The van der Waals surface area contributed by atoms with Gasteiger partial charge < -0.3 is 10.4 Å². The molecule has 0 spiro atoms. The number of carboxylic acid groups (broad SMARTS) is 1. The molecule has 20 heavy (non-hydrogen) atoms. The number of carbonyl (C=O) groups excluding carboxylic acids is 1. The quantitative estimate of drug-likeness (QED) is 0.784. The van der Waals surface area contributed by atoms with E-state index in [1.165, 1.54) is 18.3 Å². The second-order valence-electron chi connectivity index (χ2n) is 6.01. The number of rotatable bonds is 6. The number of amides is 1. The van der Waals surface area contributed by atoms with Crippen LogP contribution in [0.15, 0.2) is 18.3 Å². The van der Waals surface area contributed by atoms with Crippen LogP contribution >= 0.6 is 0 Å². The summed E-state index contributed by atoms with van der Waals surface area (Å²) in [5, 5.41) is 11.5. The standard InChI is InChI=1S/C15H22N2O3/c1-15(2,3)8-4-5-9-16-13(18)11-6-7-12(14(19)20)17-10-11/h6-7,10H,4-5,8-9H2,1-3H3,(H,16,18)(H,19,20). The van der Waals surface area contributed by atoms with Gasteiger partial charge in [0.25, 0.3) is 5.91 Å². The van der Waals surface area contributed by atoms with Crippen molar-refractivity contribution in [3.05, 3.63) is 29.6 Å². The fraction of sp³-hybridized carbons (Fsp3) is 0.533. The van der Waals surface area contributed by atoms with Crippen LogP contribution in [0.2, 0.25) is 0 Å². The number of aromatic carboxylic acids is 1. The molecule has 0 aliphatic carbocycles. The normalized spacial score (nSPS) is 11.2. The first kappa shape index (κ1) is 16.1. The molecule has 1 aromatic heterocycles. The van der Waals surface area contributed by atoms with Gasteiger partial charge in [0.05, 0.1) is 5.56 Å². The van der Waals surface area contributed by atoms with Gasteiger partial charge >= 0.3 is 5.97 Å². The van der Waals surface area contributed by atoms with Gasteiger partial charge in [-0.15, -0.1) is 0 Å². The highest BCUT2D eigenvalue weighted by Gasteiger charge is 2.10. The van der Waals surface area contributed by atoms with Crippen LogP contribution in [-0.2, 0) is 0 Å². The Morgan fingerprint density at radius 1 is 1.25 bits per heavy atom. The van der Waals surface area contributed by atoms with Crippen LogP contribution in [0, 0.1) is 5.41 Å². The maximum absolute atomic E-state index is 11.8. The average Bonchev–Trinajstić information content (AvgIpc) is 2.37. The molecule has 0 bridgehead atoms. The lowest BCUT2D eigenvalue weighted by Gasteiger charge is -2.17. The van der Waals surface area contributed by atoms with Crippen LogP contribution in [0.3, 0.4) is 0 Å². The van der Waals surface area contributed by atoms with Crippen LogP contribution in [-0.4, -0.2) is 28.5 Å². The van der Waals surface area contributed by atoms with E-state index in [1.807, 2.05) is 0 Å². The van der Waals surface area contributed by atoms with E-state index in [0.717, 1.165) is 19.3 Å². The number of hydrogen-bond donors (Lipinski definition) is 2. The van der Waals surface area contributed by atoms with Gasteiger partial charge in [0, 0.05) is 12.7 Å². The molecule has 1 heterocycles. The number of pyridine rings is 1. The van der Waals surface area contributed by atoms with E-state index in [4.69, 9.17) is 5.11 Å². The van der Waals surface area contributed by atoms with Crippen LogP contribution in [0.25, 0.3) is 0 Å². The van der Waals surface area contributed by atoms with Gasteiger partial charge in [-0.25, -0.2) is 9.78 Å². The summed E-state index contributed by atoms with van der Waals surface area (Å²) in [5.74, 6) is -1.32. The second-order valence-corrected chi connectivity index (χ2v) is 6.01. The molecule has 1 rings (SSSR count). The molecule has 5 heteroatoms. The summed E-state index contributed by atoms with van der Waals surface area (Å²) in [6, 6.07) is 2.80. The third-order valence-corrected chi connectivity index (χ3v) is 2.88. The van der Waals surface area contributed by atoms with Crippen LogP contribution < -0.4 is 5.32 Å². The minimum Gasteiger partial charge on any atom is -0.477 e. The molecule has 1 aromatic rings. The molecule has 2 N–H and O–H groups in total. The Morgan fingerprint density at radius 3 is 2.45 bits per heavy atom. The van der Waals surface area contributed by atoms with Crippen LogP contribution in [0.4, 0.5) is 0 Å². The summed E-state index contributed by atoms with van der Waals surface area (Å²) in [6.07, 6.45) is 4.41. The number of unbranched alkanes of at least 4 members (excludes halogenated alkanes) is 1. The lowest BCUT2D eigenvalue weighted by atomic mass is 9.90. The largest absolute Gasteiger partial charge is 0.477 e. The van der Waals surface area contributed by atoms with E-state index in [-0.39, 0.29) is 11.6 Å². The second kappa shape index (κ2) is 7.03. The molecule has 0 aliphatic rings. The topological polar surface area (TPSA) is 79.3 Å². The Hall–Kier alpha value is -1.91. The molecule has 0 saturated carbocycles. The zero-order valence-corrected chi connectivity index (χ0v) is 12.3. The van der Waals surface area contributed by atoms with Crippen molar-refractivity contribution < 1.29 is 14.7 Å². The van der Waals surface area contributed by atoms with E-state index in [9.17, 15) is 9.59 Å². The summed E-state index contributed by atoms with van der Waals surface area (Å²) in [7, 11) is 0. The van der Waals surface area contributed by atoms with E-state index in [1.54, 1.807) is 0 Å². The highest BCUT2D eigenvalue weighted by molar-refractivity contribution is 5.94. The third kappa shape index (κ3) is 5.82. The van der Waals surface area contributed by atoms with Crippen molar-refractivity contribution in [3.63, 3.8) is 0 Å². The van der Waals surface area contributed by atoms with E-state index in [0.29, 0.717) is 17.5 Å². The van der Waals surface area contributed by atoms with Crippen molar-refractivity contribution in [1.82, 2.24) is 10.3 Å². The van der Waals surface area contributed by atoms with Crippen molar-refractivity contribution in [1.29, 1.82) is 0 Å². The highest BCUT2D eigenvalue weighted by Crippen LogP contribution is 2.21. The lowest BCUT2D eigenvalue weighted by molar-refractivity contribution is 0.0689. The molecule has 0 fully saturated rings. The molecule has 0 unspecified atom stereocenters.